The summed E-state index contributed by atoms with van der Waals surface area (Å²) in [6.07, 6.45) is 8.68. The van der Waals surface area contributed by atoms with Crippen molar-refractivity contribution in [3.63, 3.8) is 0 Å². The van der Waals surface area contributed by atoms with Crippen molar-refractivity contribution in [2.24, 2.45) is 17.3 Å². The molecule has 0 radical (unpaired) electrons. The first-order valence-electron chi connectivity index (χ1n) is 7.66. The lowest BCUT2D eigenvalue weighted by Gasteiger charge is -2.09. The highest BCUT2D eigenvalue weighted by atomic mass is 19.2. The zero-order chi connectivity index (χ0) is 18.8. The molecule has 0 spiro atoms. The zero-order valence-corrected chi connectivity index (χ0v) is 13.9. The lowest BCUT2D eigenvalue weighted by Crippen LogP contribution is -2.13. The average molecular weight is 354 g/mol. The maximum Gasteiger partial charge on any atom is 0.310 e. The Morgan fingerprint density at radius 1 is 1.16 bits per heavy atom. The summed E-state index contributed by atoms with van der Waals surface area (Å²) in [5.41, 5.74) is -1.31. The Morgan fingerprint density at radius 3 is 2.32 bits per heavy atom. The smallest absolute Gasteiger partial charge is 0.310 e. The van der Waals surface area contributed by atoms with Crippen molar-refractivity contribution in [2.45, 2.75) is 20.5 Å². The first-order chi connectivity index (χ1) is 11.7. The van der Waals surface area contributed by atoms with Crippen LogP contribution in [0.2, 0.25) is 0 Å². The second kappa shape index (κ2) is 7.25. The Balaban J connectivity index is 2.05. The molecule has 1 saturated carbocycles. The summed E-state index contributed by atoms with van der Waals surface area (Å²) in [4.78, 5) is 12.2. The predicted molar refractivity (Wildman–Crippen MR) is 85.3 cm³/mol. The second-order valence-electron chi connectivity index (χ2n) is 6.38. The molecule has 6 heteroatoms. The second-order valence-corrected chi connectivity index (χ2v) is 6.38. The number of hydrogen-bond donors (Lipinski definition) is 0. The first kappa shape index (κ1) is 19.0. The Hall–Kier alpha value is -2.37. The fourth-order valence-electron chi connectivity index (χ4n) is 2.80. The van der Waals surface area contributed by atoms with Crippen LogP contribution in [0.5, 0.6) is 0 Å². The van der Waals surface area contributed by atoms with Gasteiger partial charge in [-0.05, 0) is 11.3 Å². The van der Waals surface area contributed by atoms with Crippen LogP contribution in [0.3, 0.4) is 0 Å². The minimum Gasteiger partial charge on any atom is -0.460 e. The van der Waals surface area contributed by atoms with Gasteiger partial charge in [0.25, 0.3) is 0 Å². The summed E-state index contributed by atoms with van der Waals surface area (Å²) in [5.74, 6) is -7.46. The molecular formula is C19H18F4O2. The molecule has 2 rings (SSSR count). The molecule has 0 heterocycles. The molecule has 1 fully saturated rings. The number of benzene rings is 1. The van der Waals surface area contributed by atoms with Gasteiger partial charge in [0.1, 0.15) is 6.61 Å². The van der Waals surface area contributed by atoms with Crippen molar-refractivity contribution in [1.82, 2.24) is 0 Å². The van der Waals surface area contributed by atoms with E-state index in [-0.39, 0.29) is 17.4 Å². The highest BCUT2D eigenvalue weighted by Gasteiger charge is 2.61. The Bertz CT molecular complexity index is 724. The van der Waals surface area contributed by atoms with Crippen molar-refractivity contribution in [2.75, 3.05) is 0 Å². The molecule has 0 bridgehead atoms. The third-order valence-electron chi connectivity index (χ3n) is 4.40. The van der Waals surface area contributed by atoms with E-state index in [9.17, 15) is 22.4 Å². The number of allylic oxidation sites excluding steroid dienone is 5. The Morgan fingerprint density at radius 2 is 1.76 bits per heavy atom. The summed E-state index contributed by atoms with van der Waals surface area (Å²) in [7, 11) is 0. The standard InChI is InChI=1S/C19H18F4O2/c1-4-5-6-7-8-12-15(19(12,2)3)18(24)25-10-11-16(22)13(20)9-14(21)17(11)23/h4-9,12,15H,1,10H2,2-3H3/t12-,15+/m1/s1. The highest BCUT2D eigenvalue weighted by molar-refractivity contribution is 5.78. The van der Waals surface area contributed by atoms with Crippen molar-refractivity contribution < 1.29 is 27.1 Å². The van der Waals surface area contributed by atoms with E-state index in [2.05, 4.69) is 6.58 Å². The van der Waals surface area contributed by atoms with Gasteiger partial charge >= 0.3 is 5.97 Å². The molecule has 0 aliphatic heterocycles. The largest absolute Gasteiger partial charge is 0.460 e. The van der Waals surface area contributed by atoms with E-state index in [0.29, 0.717) is 0 Å². The summed E-state index contributed by atoms with van der Waals surface area (Å²) in [6, 6.07) is 0.109. The summed E-state index contributed by atoms with van der Waals surface area (Å²) >= 11 is 0. The lowest BCUT2D eigenvalue weighted by atomic mass is 10.1. The molecular weight excluding hydrogens is 336 g/mol. The Kier molecular flexibility index (Phi) is 5.50. The van der Waals surface area contributed by atoms with Crippen LogP contribution in [0.25, 0.3) is 0 Å². The molecule has 1 aromatic carbocycles. The van der Waals surface area contributed by atoms with Crippen LogP contribution in [0.15, 0.2) is 43.0 Å². The van der Waals surface area contributed by atoms with Gasteiger partial charge in [-0.3, -0.25) is 4.79 Å². The molecule has 1 aliphatic carbocycles. The summed E-state index contributed by atoms with van der Waals surface area (Å²) in [5, 5.41) is 0. The van der Waals surface area contributed by atoms with Crippen LogP contribution >= 0.6 is 0 Å². The maximum atomic E-state index is 13.6. The maximum absolute atomic E-state index is 13.6. The van der Waals surface area contributed by atoms with E-state index < -0.39 is 47.3 Å². The number of halogens is 4. The van der Waals surface area contributed by atoms with Crippen LogP contribution in [-0.2, 0) is 16.1 Å². The van der Waals surface area contributed by atoms with Gasteiger partial charge in [-0.25, -0.2) is 17.6 Å². The van der Waals surface area contributed by atoms with Gasteiger partial charge in [-0.1, -0.05) is 50.8 Å². The van der Waals surface area contributed by atoms with E-state index in [1.807, 2.05) is 19.9 Å². The number of esters is 1. The normalized spacial score (nSPS) is 21.7. The molecule has 1 aliphatic rings. The van der Waals surface area contributed by atoms with E-state index in [1.54, 1.807) is 24.3 Å². The molecule has 134 valence electrons. The summed E-state index contributed by atoms with van der Waals surface area (Å²) in [6.45, 7) is 6.38. The number of hydrogen-bond acceptors (Lipinski definition) is 2. The van der Waals surface area contributed by atoms with Crippen LogP contribution in [0.1, 0.15) is 19.4 Å². The fraction of sp³-hybridized carbons (Fsp3) is 0.316. The van der Waals surface area contributed by atoms with Crippen LogP contribution in [0, 0.1) is 40.5 Å². The molecule has 2 nitrogen and oxygen atoms in total. The highest BCUT2D eigenvalue weighted by Crippen LogP contribution is 2.59. The van der Waals surface area contributed by atoms with Gasteiger partial charge in [-0.15, -0.1) is 0 Å². The van der Waals surface area contributed by atoms with Gasteiger partial charge in [0.2, 0.25) is 0 Å². The van der Waals surface area contributed by atoms with E-state index >= 15 is 0 Å². The lowest BCUT2D eigenvalue weighted by molar-refractivity contribution is -0.147. The van der Waals surface area contributed by atoms with Crippen LogP contribution < -0.4 is 0 Å². The third-order valence-corrected chi connectivity index (χ3v) is 4.40. The quantitative estimate of drug-likeness (QED) is 0.316. The average Bonchev–Trinajstić information content (AvgIpc) is 3.10. The van der Waals surface area contributed by atoms with Crippen molar-refractivity contribution in [1.29, 1.82) is 0 Å². The predicted octanol–water partition coefficient (Wildman–Crippen LogP) is 4.86. The zero-order valence-electron chi connectivity index (χ0n) is 13.9. The van der Waals surface area contributed by atoms with Gasteiger partial charge in [0.05, 0.1) is 11.5 Å². The van der Waals surface area contributed by atoms with Crippen molar-refractivity contribution >= 4 is 5.97 Å². The van der Waals surface area contributed by atoms with E-state index in [0.717, 1.165) is 0 Å². The fourth-order valence-corrected chi connectivity index (χ4v) is 2.80. The molecule has 0 unspecified atom stereocenters. The van der Waals surface area contributed by atoms with Gasteiger partial charge in [0, 0.05) is 6.07 Å². The number of ether oxygens (including phenoxy) is 1. The third kappa shape index (κ3) is 3.83. The molecule has 0 N–H and O–H groups in total. The molecule has 1 aromatic rings. The molecule has 25 heavy (non-hydrogen) atoms. The van der Waals surface area contributed by atoms with Gasteiger partial charge < -0.3 is 4.74 Å². The van der Waals surface area contributed by atoms with Gasteiger partial charge in [0.15, 0.2) is 23.3 Å². The molecule has 0 amide bonds. The first-order valence-corrected chi connectivity index (χ1v) is 7.66. The number of carbonyl (C=O) groups excluding carboxylic acids is 1. The number of rotatable bonds is 6. The van der Waals surface area contributed by atoms with Crippen LogP contribution in [-0.4, -0.2) is 5.97 Å². The van der Waals surface area contributed by atoms with E-state index in [4.69, 9.17) is 4.74 Å². The topological polar surface area (TPSA) is 26.3 Å². The SMILES string of the molecule is C=CC=CC=C[C@@H]1[C@@H](C(=O)OCc2c(F)c(F)cc(F)c2F)C1(C)C. The summed E-state index contributed by atoms with van der Waals surface area (Å²) < 4.78 is 58.4. The van der Waals surface area contributed by atoms with Crippen molar-refractivity contribution in [3.05, 3.63) is 71.9 Å². The Labute approximate surface area is 143 Å². The minimum absolute atomic E-state index is 0.103. The molecule has 0 saturated heterocycles. The molecule has 2 atom stereocenters. The monoisotopic (exact) mass is 354 g/mol. The van der Waals surface area contributed by atoms with Crippen LogP contribution in [0.4, 0.5) is 17.6 Å². The number of carbonyl (C=O) groups is 1. The van der Waals surface area contributed by atoms with E-state index in [1.165, 1.54) is 0 Å². The molecule has 0 aromatic heterocycles. The van der Waals surface area contributed by atoms with Gasteiger partial charge in [-0.2, -0.15) is 0 Å². The minimum atomic E-state index is -1.56. The van der Waals surface area contributed by atoms with Crippen molar-refractivity contribution in [3.8, 4) is 0 Å².